The number of carboxylic acids is 3. The van der Waals surface area contributed by atoms with Crippen molar-refractivity contribution in [2.75, 3.05) is 26.2 Å². The Morgan fingerprint density at radius 2 is 0.721 bits per heavy atom. The molecule has 0 bridgehead atoms. The molecule has 0 rings (SSSR count). The van der Waals surface area contributed by atoms with Crippen molar-refractivity contribution in [2.24, 2.45) is 45.9 Å². The van der Waals surface area contributed by atoms with Crippen LogP contribution >= 0.6 is 0 Å². The molecular weight excluding hydrogens is 568 g/mol. The van der Waals surface area contributed by atoms with Crippen molar-refractivity contribution in [1.82, 2.24) is 0 Å². The van der Waals surface area contributed by atoms with Gasteiger partial charge in [0.1, 0.15) is 24.2 Å². The lowest BCUT2D eigenvalue weighted by atomic mass is 10.1. The molecule has 0 aliphatic heterocycles. The van der Waals surface area contributed by atoms with Crippen LogP contribution in [0.15, 0.2) is 0 Å². The highest BCUT2D eigenvalue weighted by atomic mass is 16.6. The number of esters is 2. The molecule has 0 unspecified atom stereocenters. The fourth-order valence-corrected chi connectivity index (χ4v) is 2.74. The lowest BCUT2D eigenvalue weighted by Crippen LogP contribution is -2.33. The Balaban J connectivity index is -0.000000238. The van der Waals surface area contributed by atoms with Crippen LogP contribution in [-0.4, -0.2) is 95.5 Å². The number of carbonyl (C=O) groups excluding carboxylic acids is 2. The van der Waals surface area contributed by atoms with Gasteiger partial charge >= 0.3 is 29.8 Å². The van der Waals surface area contributed by atoms with Crippen molar-refractivity contribution in [3.8, 4) is 0 Å². The van der Waals surface area contributed by atoms with Gasteiger partial charge in [0.2, 0.25) is 0 Å². The molecule has 0 aromatic heterocycles. The fraction of sp³-hybridized carbons (Fsp3) is 0.808. The van der Waals surface area contributed by atoms with Gasteiger partial charge in [-0.15, -0.1) is 0 Å². The zero-order valence-electron chi connectivity index (χ0n) is 25.5. The topological polar surface area (TPSA) is 363 Å². The number of carboxylic acid groups (broad SMARTS) is 3. The molecule has 0 fully saturated rings. The van der Waals surface area contributed by atoms with Crippen LogP contribution in [0.4, 0.5) is 0 Å². The van der Waals surface area contributed by atoms with Gasteiger partial charge in [-0.25, -0.2) is 4.79 Å². The third-order valence-corrected chi connectivity index (χ3v) is 5.38. The molecule has 0 saturated carbocycles. The fourth-order valence-electron chi connectivity index (χ4n) is 2.74. The first kappa shape index (κ1) is 47.2. The molecule has 256 valence electrons. The summed E-state index contributed by atoms with van der Waals surface area (Å²) in [6, 6.07) is -2.86. The van der Waals surface area contributed by atoms with E-state index < -0.39 is 54.0 Å². The number of rotatable bonds is 20. The van der Waals surface area contributed by atoms with Gasteiger partial charge in [0.25, 0.3) is 0 Å². The van der Waals surface area contributed by atoms with Gasteiger partial charge in [-0.1, -0.05) is 25.7 Å². The monoisotopic (exact) mass is 626 g/mol. The third-order valence-electron chi connectivity index (χ3n) is 5.38. The molecule has 17 nitrogen and oxygen atoms in total. The largest absolute Gasteiger partial charge is 0.480 e. The van der Waals surface area contributed by atoms with Gasteiger partial charge in [-0.3, -0.25) is 19.2 Å². The number of carbonyl (C=O) groups is 5. The van der Waals surface area contributed by atoms with E-state index in [1.807, 2.05) is 0 Å². The number of aliphatic carboxylic acids is 3. The Bertz CT molecular complexity index is 671. The van der Waals surface area contributed by atoms with Gasteiger partial charge in [0.05, 0.1) is 0 Å². The SMILES string of the molecule is CC(=O)OC(=O)[C@@H](N)CCCCN.NCCCC[C@H](N)C(=O)O.NCCCC[C@H](N)C(=O)O.NCCCC[C@H](N)C(=O)O. The molecule has 0 amide bonds. The number of unbranched alkanes of at least 4 members (excludes halogenated alkanes) is 4. The maximum atomic E-state index is 10.9. The lowest BCUT2D eigenvalue weighted by molar-refractivity contribution is -0.159. The van der Waals surface area contributed by atoms with E-state index in [0.717, 1.165) is 51.4 Å². The van der Waals surface area contributed by atoms with E-state index in [-0.39, 0.29) is 0 Å². The van der Waals surface area contributed by atoms with Gasteiger partial charge < -0.3 is 65.9 Å². The highest BCUT2D eigenvalue weighted by Crippen LogP contribution is 2.00. The van der Waals surface area contributed by atoms with Crippen LogP contribution in [-0.2, 0) is 28.7 Å². The van der Waals surface area contributed by atoms with Crippen LogP contribution < -0.4 is 45.9 Å². The number of nitrogens with two attached hydrogens (primary N) is 8. The standard InChI is InChI=1S/C8H16N2O3.3C6H14N2O2/c1-6(11)13-8(12)7(10)4-2-3-5-9;3*7-4-2-1-3-5(8)6(9)10/h7H,2-5,9-10H2,1H3;3*5H,1-4,7-8H2,(H,9,10)/t7-;3*5-/m0000/s1. The van der Waals surface area contributed by atoms with E-state index in [1.54, 1.807) is 0 Å². The minimum absolute atomic E-state index is 0.503. The molecule has 0 aromatic rings. The molecule has 43 heavy (non-hydrogen) atoms. The van der Waals surface area contributed by atoms with Crippen LogP contribution in [0.3, 0.4) is 0 Å². The molecule has 0 spiro atoms. The summed E-state index contributed by atoms with van der Waals surface area (Å²) in [6.07, 6.45) is 8.58. The third kappa shape index (κ3) is 39.2. The smallest absolute Gasteiger partial charge is 0.330 e. The summed E-state index contributed by atoms with van der Waals surface area (Å²) in [5.74, 6) is -4.09. The molecule has 0 aliphatic carbocycles. The highest BCUT2D eigenvalue weighted by molar-refractivity contribution is 5.87. The maximum Gasteiger partial charge on any atom is 0.330 e. The predicted molar refractivity (Wildman–Crippen MR) is 163 cm³/mol. The van der Waals surface area contributed by atoms with E-state index in [9.17, 15) is 24.0 Å². The van der Waals surface area contributed by atoms with Crippen LogP contribution in [0, 0.1) is 0 Å². The lowest BCUT2D eigenvalue weighted by Gasteiger charge is -2.08. The number of hydrogen-bond donors (Lipinski definition) is 11. The molecule has 4 atom stereocenters. The van der Waals surface area contributed by atoms with Crippen LogP contribution in [0.25, 0.3) is 0 Å². The Labute approximate surface area is 254 Å². The highest BCUT2D eigenvalue weighted by Gasteiger charge is 2.16. The normalized spacial score (nSPS) is 12.8. The van der Waals surface area contributed by atoms with Gasteiger partial charge in [-0.05, 0) is 77.5 Å². The average Bonchev–Trinajstić information content (AvgIpc) is 2.93. The van der Waals surface area contributed by atoms with E-state index in [1.165, 1.54) is 6.92 Å². The van der Waals surface area contributed by atoms with Crippen molar-refractivity contribution in [1.29, 1.82) is 0 Å². The average molecular weight is 627 g/mol. The quantitative estimate of drug-likeness (QED) is 0.0399. The Kier molecular flexibility index (Phi) is 37.0. The van der Waals surface area contributed by atoms with Crippen LogP contribution in [0.2, 0.25) is 0 Å². The number of ether oxygens (including phenoxy) is 1. The van der Waals surface area contributed by atoms with Crippen molar-refractivity contribution >= 4 is 29.8 Å². The Morgan fingerprint density at radius 3 is 0.907 bits per heavy atom. The summed E-state index contributed by atoms with van der Waals surface area (Å²) >= 11 is 0. The van der Waals surface area contributed by atoms with Gasteiger partial charge in [-0.2, -0.15) is 0 Å². The molecule has 0 aromatic carbocycles. The second-order valence-corrected chi connectivity index (χ2v) is 9.49. The molecule has 0 radical (unpaired) electrons. The first-order valence-corrected chi connectivity index (χ1v) is 14.4. The summed E-state index contributed by atoms with van der Waals surface area (Å²) in [5.41, 5.74) is 42.0. The maximum absolute atomic E-state index is 10.9. The van der Waals surface area contributed by atoms with Crippen molar-refractivity contribution in [2.45, 2.75) is 108 Å². The van der Waals surface area contributed by atoms with Crippen molar-refractivity contribution < 1.29 is 44.0 Å². The second kappa shape index (κ2) is 33.7. The summed E-state index contributed by atoms with van der Waals surface area (Å²) in [6.45, 7) is 3.56. The predicted octanol–water partition coefficient (Wildman–Crippen LogP) is -1.89. The minimum Gasteiger partial charge on any atom is -0.480 e. The summed E-state index contributed by atoms with van der Waals surface area (Å²) in [7, 11) is 0. The van der Waals surface area contributed by atoms with Gasteiger partial charge in [0, 0.05) is 6.92 Å². The van der Waals surface area contributed by atoms with Crippen LogP contribution in [0.5, 0.6) is 0 Å². The summed E-state index contributed by atoms with van der Waals surface area (Å²) in [4.78, 5) is 51.7. The zero-order valence-corrected chi connectivity index (χ0v) is 25.5. The molecule has 17 heteroatoms. The van der Waals surface area contributed by atoms with E-state index >= 15 is 0 Å². The summed E-state index contributed by atoms with van der Waals surface area (Å²) < 4.78 is 4.31. The molecule has 0 aliphatic rings. The van der Waals surface area contributed by atoms with Crippen molar-refractivity contribution in [3.63, 3.8) is 0 Å². The molecule has 19 N–H and O–H groups in total. The summed E-state index contributed by atoms with van der Waals surface area (Å²) in [5, 5.41) is 25.0. The zero-order chi connectivity index (χ0) is 34.2. The Morgan fingerprint density at radius 1 is 0.488 bits per heavy atom. The number of hydrogen-bond acceptors (Lipinski definition) is 14. The van der Waals surface area contributed by atoms with Crippen molar-refractivity contribution in [3.05, 3.63) is 0 Å². The van der Waals surface area contributed by atoms with E-state index in [4.69, 9.17) is 61.2 Å². The van der Waals surface area contributed by atoms with E-state index in [0.29, 0.717) is 51.9 Å². The first-order chi connectivity index (χ1) is 20.1. The molecular formula is C26H58N8O9. The van der Waals surface area contributed by atoms with Gasteiger partial charge in [0.15, 0.2) is 0 Å². The molecule has 0 heterocycles. The van der Waals surface area contributed by atoms with Crippen LogP contribution in [0.1, 0.15) is 84.0 Å². The first-order valence-electron chi connectivity index (χ1n) is 14.4. The second-order valence-electron chi connectivity index (χ2n) is 9.49. The van der Waals surface area contributed by atoms with E-state index in [2.05, 4.69) is 4.74 Å². The molecule has 0 saturated heterocycles. The minimum atomic E-state index is -0.933. The Hall–Kier alpha value is -2.77.